The molecule has 0 aromatic rings. The van der Waals surface area contributed by atoms with Crippen molar-refractivity contribution >= 4 is 0 Å². The number of hydrogen-bond donors (Lipinski definition) is 0. The van der Waals surface area contributed by atoms with Crippen LogP contribution in [0.5, 0.6) is 0 Å². The van der Waals surface area contributed by atoms with E-state index >= 15 is 0 Å². The van der Waals surface area contributed by atoms with Gasteiger partial charge in [0.25, 0.3) is 0 Å². The Morgan fingerprint density at radius 2 is 2.27 bits per heavy atom. The van der Waals surface area contributed by atoms with Crippen LogP contribution in [0.15, 0.2) is 12.7 Å². The predicted octanol–water partition coefficient (Wildman–Crippen LogP) is 2.00. The van der Waals surface area contributed by atoms with E-state index in [9.17, 15) is 0 Å². The first-order chi connectivity index (χ1) is 5.35. The van der Waals surface area contributed by atoms with Crippen LogP contribution >= 0.6 is 0 Å². The molecule has 2 heteroatoms. The Labute approximate surface area is 69.2 Å². The molecule has 1 aliphatic heterocycles. The Bertz CT molecular complexity index is 85.6. The first-order valence-electron chi connectivity index (χ1n) is 3.97. The third-order valence-corrected chi connectivity index (χ3v) is 1.45. The summed E-state index contributed by atoms with van der Waals surface area (Å²) in [6.45, 7) is 4.60. The van der Waals surface area contributed by atoms with Gasteiger partial charge in [0, 0.05) is 20.8 Å². The van der Waals surface area contributed by atoms with Crippen LogP contribution in [0.25, 0.3) is 0 Å². The molecule has 0 bridgehead atoms. The third kappa shape index (κ3) is 6.07. The molecule has 0 amide bonds. The molecule has 0 aromatic heterocycles. The maximum atomic E-state index is 5.32. The molecule has 1 heterocycles. The lowest BCUT2D eigenvalue weighted by atomic mass is 10.2. The molecular formula is C9H18O2. The molecule has 11 heavy (non-hydrogen) atoms. The standard InChI is InChI=1S/C7H12O.C2H6O/c1-2-4-7-5-3-6-8-7;1-3-2/h2,7H,1,3-6H2;1-2H3. The number of hydrogen-bond acceptors (Lipinski definition) is 2. The van der Waals surface area contributed by atoms with Gasteiger partial charge in [-0.1, -0.05) is 6.08 Å². The molecule has 1 rings (SSSR count). The smallest absolute Gasteiger partial charge is 0.0610 e. The molecule has 0 N–H and O–H groups in total. The molecule has 2 nitrogen and oxygen atoms in total. The molecule has 0 spiro atoms. The Hall–Kier alpha value is -0.340. The second-order valence-electron chi connectivity index (χ2n) is 2.57. The monoisotopic (exact) mass is 158 g/mol. The van der Waals surface area contributed by atoms with Gasteiger partial charge in [-0.2, -0.15) is 0 Å². The van der Waals surface area contributed by atoms with Gasteiger partial charge in [-0.3, -0.25) is 0 Å². The molecule has 0 aromatic carbocycles. The van der Waals surface area contributed by atoms with Crippen molar-refractivity contribution in [3.63, 3.8) is 0 Å². The van der Waals surface area contributed by atoms with Crippen LogP contribution in [0.2, 0.25) is 0 Å². The minimum absolute atomic E-state index is 0.493. The van der Waals surface area contributed by atoms with E-state index < -0.39 is 0 Å². The summed E-state index contributed by atoms with van der Waals surface area (Å²) in [6, 6.07) is 0. The molecule has 0 aliphatic carbocycles. The van der Waals surface area contributed by atoms with Crippen LogP contribution in [-0.4, -0.2) is 26.9 Å². The van der Waals surface area contributed by atoms with E-state index in [2.05, 4.69) is 11.3 Å². The van der Waals surface area contributed by atoms with Crippen molar-refractivity contribution in [3.05, 3.63) is 12.7 Å². The first kappa shape index (κ1) is 10.7. The summed E-state index contributed by atoms with van der Waals surface area (Å²) < 4.78 is 9.57. The van der Waals surface area contributed by atoms with Gasteiger partial charge in [-0.15, -0.1) is 6.58 Å². The van der Waals surface area contributed by atoms with Gasteiger partial charge in [0.2, 0.25) is 0 Å². The van der Waals surface area contributed by atoms with E-state index in [0.717, 1.165) is 13.0 Å². The van der Waals surface area contributed by atoms with E-state index in [1.807, 2.05) is 6.08 Å². The van der Waals surface area contributed by atoms with E-state index in [1.54, 1.807) is 14.2 Å². The summed E-state index contributed by atoms with van der Waals surface area (Å²) in [5.41, 5.74) is 0. The second kappa shape index (κ2) is 7.76. The fraction of sp³-hybridized carbons (Fsp3) is 0.778. The summed E-state index contributed by atoms with van der Waals surface area (Å²) in [5, 5.41) is 0. The molecule has 0 radical (unpaired) electrons. The quantitative estimate of drug-likeness (QED) is 0.572. The minimum Gasteiger partial charge on any atom is -0.388 e. The van der Waals surface area contributed by atoms with E-state index in [-0.39, 0.29) is 0 Å². The highest BCUT2D eigenvalue weighted by Gasteiger charge is 2.12. The average molecular weight is 158 g/mol. The molecule has 1 unspecified atom stereocenters. The minimum atomic E-state index is 0.493. The van der Waals surface area contributed by atoms with Crippen LogP contribution in [0.4, 0.5) is 0 Å². The average Bonchev–Trinajstić information content (AvgIpc) is 2.42. The Kier molecular flexibility index (Phi) is 7.52. The summed E-state index contributed by atoms with van der Waals surface area (Å²) in [4.78, 5) is 0. The summed E-state index contributed by atoms with van der Waals surface area (Å²) in [7, 11) is 3.25. The first-order valence-corrected chi connectivity index (χ1v) is 3.97. The highest BCUT2D eigenvalue weighted by Crippen LogP contribution is 2.14. The highest BCUT2D eigenvalue weighted by atomic mass is 16.5. The molecule has 0 saturated carbocycles. The van der Waals surface area contributed by atoms with Crippen LogP contribution in [0.1, 0.15) is 19.3 Å². The van der Waals surface area contributed by atoms with Crippen molar-refractivity contribution in [2.24, 2.45) is 0 Å². The van der Waals surface area contributed by atoms with Crippen molar-refractivity contribution in [2.45, 2.75) is 25.4 Å². The summed E-state index contributed by atoms with van der Waals surface area (Å²) in [5.74, 6) is 0. The number of methoxy groups -OCH3 is 1. The second-order valence-corrected chi connectivity index (χ2v) is 2.57. The predicted molar refractivity (Wildman–Crippen MR) is 46.7 cm³/mol. The lowest BCUT2D eigenvalue weighted by molar-refractivity contribution is 0.113. The SMILES string of the molecule is C=CCC1CCCO1.COC. The molecule has 1 saturated heterocycles. The largest absolute Gasteiger partial charge is 0.388 e. The summed E-state index contributed by atoms with van der Waals surface area (Å²) in [6.07, 6.45) is 5.91. The molecule has 1 atom stereocenters. The molecule has 1 fully saturated rings. The van der Waals surface area contributed by atoms with Gasteiger partial charge in [-0.05, 0) is 19.3 Å². The van der Waals surface area contributed by atoms with Crippen molar-refractivity contribution in [1.82, 2.24) is 0 Å². The van der Waals surface area contributed by atoms with E-state index in [4.69, 9.17) is 4.74 Å². The van der Waals surface area contributed by atoms with Crippen LogP contribution < -0.4 is 0 Å². The zero-order valence-corrected chi connectivity index (χ0v) is 7.51. The van der Waals surface area contributed by atoms with Crippen molar-refractivity contribution in [2.75, 3.05) is 20.8 Å². The van der Waals surface area contributed by atoms with Crippen LogP contribution in [0, 0.1) is 0 Å². The highest BCUT2D eigenvalue weighted by molar-refractivity contribution is 4.75. The molecular weight excluding hydrogens is 140 g/mol. The topological polar surface area (TPSA) is 18.5 Å². The Balaban J connectivity index is 0.000000292. The zero-order chi connectivity index (χ0) is 8.53. The normalized spacial score (nSPS) is 22.2. The molecule has 66 valence electrons. The van der Waals surface area contributed by atoms with Crippen LogP contribution in [-0.2, 0) is 9.47 Å². The van der Waals surface area contributed by atoms with E-state index in [0.29, 0.717) is 6.10 Å². The van der Waals surface area contributed by atoms with Gasteiger partial charge >= 0.3 is 0 Å². The summed E-state index contributed by atoms with van der Waals surface area (Å²) >= 11 is 0. The fourth-order valence-electron chi connectivity index (χ4n) is 1.02. The lowest BCUT2D eigenvalue weighted by Gasteiger charge is -2.02. The van der Waals surface area contributed by atoms with Gasteiger partial charge in [0.1, 0.15) is 0 Å². The van der Waals surface area contributed by atoms with Gasteiger partial charge < -0.3 is 9.47 Å². The van der Waals surface area contributed by atoms with E-state index in [1.165, 1.54) is 12.8 Å². The van der Waals surface area contributed by atoms with Gasteiger partial charge in [-0.25, -0.2) is 0 Å². The van der Waals surface area contributed by atoms with Gasteiger partial charge in [0.05, 0.1) is 6.10 Å². The zero-order valence-electron chi connectivity index (χ0n) is 7.51. The molecule has 1 aliphatic rings. The van der Waals surface area contributed by atoms with Crippen molar-refractivity contribution in [3.8, 4) is 0 Å². The number of ether oxygens (including phenoxy) is 2. The number of rotatable bonds is 2. The van der Waals surface area contributed by atoms with Gasteiger partial charge in [0.15, 0.2) is 0 Å². The maximum absolute atomic E-state index is 5.32. The maximum Gasteiger partial charge on any atom is 0.0610 e. The Morgan fingerprint density at radius 1 is 1.64 bits per heavy atom. The fourth-order valence-corrected chi connectivity index (χ4v) is 1.02. The van der Waals surface area contributed by atoms with Crippen molar-refractivity contribution < 1.29 is 9.47 Å². The lowest BCUT2D eigenvalue weighted by Crippen LogP contribution is -2.01. The third-order valence-electron chi connectivity index (χ3n) is 1.45. The Morgan fingerprint density at radius 3 is 2.64 bits per heavy atom. The van der Waals surface area contributed by atoms with Crippen molar-refractivity contribution in [1.29, 1.82) is 0 Å². The van der Waals surface area contributed by atoms with Crippen LogP contribution in [0.3, 0.4) is 0 Å².